The molecule has 1 aromatic rings. The van der Waals surface area contributed by atoms with Crippen molar-refractivity contribution in [2.45, 2.75) is 45.4 Å². The van der Waals surface area contributed by atoms with Crippen molar-refractivity contribution in [3.05, 3.63) is 23.8 Å². The van der Waals surface area contributed by atoms with Crippen LogP contribution in [0.2, 0.25) is 0 Å². The zero-order chi connectivity index (χ0) is 15.6. The average Bonchev–Trinajstić information content (AvgIpc) is 2.46. The molecule has 0 saturated heterocycles. The molecule has 1 aliphatic carbocycles. The van der Waals surface area contributed by atoms with E-state index < -0.39 is 0 Å². The largest absolute Gasteiger partial charge is 0.493 e. The number of ketones is 1. The van der Waals surface area contributed by atoms with Gasteiger partial charge in [-0.15, -0.1) is 0 Å². The minimum absolute atomic E-state index is 0.0896. The lowest BCUT2D eigenvalue weighted by Gasteiger charge is -2.38. The lowest BCUT2D eigenvalue weighted by molar-refractivity contribution is -0.128. The second-order valence-corrected chi connectivity index (χ2v) is 6.70. The predicted octanol–water partition coefficient (Wildman–Crippen LogP) is 3.99. The van der Waals surface area contributed by atoms with E-state index in [1.165, 1.54) is 0 Å². The van der Waals surface area contributed by atoms with Crippen molar-refractivity contribution < 1.29 is 14.3 Å². The molecule has 0 aromatic heterocycles. The van der Waals surface area contributed by atoms with Crippen LogP contribution in [0.15, 0.2) is 18.2 Å². The summed E-state index contributed by atoms with van der Waals surface area (Å²) in [7, 11) is 3.27. The summed E-state index contributed by atoms with van der Waals surface area (Å²) in [6.07, 6.45) is 2.82. The molecule has 21 heavy (non-hydrogen) atoms. The summed E-state index contributed by atoms with van der Waals surface area (Å²) < 4.78 is 10.7. The van der Waals surface area contributed by atoms with Crippen LogP contribution in [0.25, 0.3) is 0 Å². The van der Waals surface area contributed by atoms with Crippen LogP contribution >= 0.6 is 0 Å². The SMILES string of the molecule is COc1ccc(C(C)(C)C2CCC(C)CC2=O)cc1OC. The van der Waals surface area contributed by atoms with Crippen molar-refractivity contribution in [1.82, 2.24) is 0 Å². The monoisotopic (exact) mass is 290 g/mol. The molecule has 0 spiro atoms. The van der Waals surface area contributed by atoms with Gasteiger partial charge in [-0.05, 0) is 41.9 Å². The molecule has 1 aromatic carbocycles. The molecule has 3 nitrogen and oxygen atoms in total. The normalized spacial score (nSPS) is 23.0. The number of carbonyl (C=O) groups excluding carboxylic acids is 1. The molecule has 1 aliphatic rings. The van der Waals surface area contributed by atoms with Crippen molar-refractivity contribution in [3.63, 3.8) is 0 Å². The summed E-state index contributed by atoms with van der Waals surface area (Å²) in [5.41, 5.74) is 0.949. The highest BCUT2D eigenvalue weighted by Crippen LogP contribution is 2.42. The molecule has 116 valence electrons. The molecule has 2 atom stereocenters. The maximum Gasteiger partial charge on any atom is 0.161 e. The van der Waals surface area contributed by atoms with Crippen molar-refractivity contribution >= 4 is 5.78 Å². The van der Waals surface area contributed by atoms with Crippen LogP contribution in [0.3, 0.4) is 0 Å². The lowest BCUT2D eigenvalue weighted by atomic mass is 9.65. The Morgan fingerprint density at radius 2 is 1.76 bits per heavy atom. The average molecular weight is 290 g/mol. The van der Waals surface area contributed by atoms with E-state index in [9.17, 15) is 4.79 Å². The number of carbonyl (C=O) groups is 1. The maximum absolute atomic E-state index is 12.4. The molecule has 3 heteroatoms. The quantitative estimate of drug-likeness (QED) is 0.841. The van der Waals surface area contributed by atoms with Gasteiger partial charge >= 0.3 is 0 Å². The Hall–Kier alpha value is -1.51. The van der Waals surface area contributed by atoms with E-state index in [1.807, 2.05) is 18.2 Å². The van der Waals surface area contributed by atoms with Gasteiger partial charge in [0.15, 0.2) is 11.5 Å². The Bertz CT molecular complexity index is 519. The zero-order valence-electron chi connectivity index (χ0n) is 13.7. The Morgan fingerprint density at radius 1 is 1.10 bits per heavy atom. The van der Waals surface area contributed by atoms with Crippen molar-refractivity contribution in [1.29, 1.82) is 0 Å². The van der Waals surface area contributed by atoms with Gasteiger partial charge in [0.1, 0.15) is 5.78 Å². The Balaban J connectivity index is 2.32. The fraction of sp³-hybridized carbons (Fsp3) is 0.611. The number of methoxy groups -OCH3 is 2. The number of hydrogen-bond donors (Lipinski definition) is 0. The molecule has 1 saturated carbocycles. The van der Waals surface area contributed by atoms with Gasteiger partial charge < -0.3 is 9.47 Å². The molecule has 2 rings (SSSR count). The first kappa shape index (κ1) is 15.9. The Labute approximate surface area is 127 Å². The molecular formula is C18H26O3. The first-order valence-corrected chi connectivity index (χ1v) is 7.65. The van der Waals surface area contributed by atoms with Crippen LogP contribution in [0, 0.1) is 11.8 Å². The Kier molecular flexibility index (Phi) is 4.60. The van der Waals surface area contributed by atoms with Crippen LogP contribution in [0.5, 0.6) is 11.5 Å². The fourth-order valence-electron chi connectivity index (χ4n) is 3.40. The predicted molar refractivity (Wildman–Crippen MR) is 84.1 cm³/mol. The highest BCUT2D eigenvalue weighted by Gasteiger charge is 2.39. The number of Topliss-reactive ketones (excluding diaryl/α,β-unsaturated/α-hetero) is 1. The molecular weight excluding hydrogens is 264 g/mol. The van der Waals surface area contributed by atoms with E-state index in [0.29, 0.717) is 18.1 Å². The summed E-state index contributed by atoms with van der Waals surface area (Å²) in [6, 6.07) is 5.97. The van der Waals surface area contributed by atoms with E-state index in [1.54, 1.807) is 14.2 Å². The standard InChI is InChI=1S/C18H26O3/c1-12-6-8-14(15(19)10-12)18(2,3)13-7-9-16(20-4)17(11-13)21-5/h7,9,11-12,14H,6,8,10H2,1-5H3. The fourth-order valence-corrected chi connectivity index (χ4v) is 3.40. The summed E-state index contributed by atoms with van der Waals surface area (Å²) in [4.78, 5) is 12.4. The molecule has 0 bridgehead atoms. The van der Waals surface area contributed by atoms with Crippen LogP contribution < -0.4 is 9.47 Å². The first-order chi connectivity index (χ1) is 9.90. The Morgan fingerprint density at radius 3 is 2.33 bits per heavy atom. The van der Waals surface area contributed by atoms with E-state index in [2.05, 4.69) is 20.8 Å². The van der Waals surface area contributed by atoms with Gasteiger partial charge in [0, 0.05) is 12.3 Å². The summed E-state index contributed by atoms with van der Waals surface area (Å²) >= 11 is 0. The van der Waals surface area contributed by atoms with Gasteiger partial charge in [-0.3, -0.25) is 4.79 Å². The molecule has 1 fully saturated rings. The second kappa shape index (κ2) is 6.08. The molecule has 0 radical (unpaired) electrons. The topological polar surface area (TPSA) is 35.5 Å². The van der Waals surface area contributed by atoms with E-state index in [0.717, 1.165) is 29.9 Å². The highest BCUT2D eigenvalue weighted by molar-refractivity contribution is 5.83. The summed E-state index contributed by atoms with van der Waals surface area (Å²) in [6.45, 7) is 6.48. The van der Waals surface area contributed by atoms with Crippen molar-refractivity contribution in [3.8, 4) is 11.5 Å². The van der Waals surface area contributed by atoms with E-state index >= 15 is 0 Å². The zero-order valence-corrected chi connectivity index (χ0v) is 13.7. The third-order valence-corrected chi connectivity index (χ3v) is 4.89. The smallest absolute Gasteiger partial charge is 0.161 e. The molecule has 0 N–H and O–H groups in total. The van der Waals surface area contributed by atoms with Crippen LogP contribution in [0.4, 0.5) is 0 Å². The van der Waals surface area contributed by atoms with Gasteiger partial charge in [-0.2, -0.15) is 0 Å². The van der Waals surface area contributed by atoms with Crippen LogP contribution in [-0.2, 0) is 10.2 Å². The molecule has 0 aliphatic heterocycles. The van der Waals surface area contributed by atoms with Gasteiger partial charge in [0.05, 0.1) is 14.2 Å². The number of benzene rings is 1. The van der Waals surface area contributed by atoms with Crippen LogP contribution in [0.1, 0.15) is 45.6 Å². The van der Waals surface area contributed by atoms with Crippen LogP contribution in [-0.4, -0.2) is 20.0 Å². The summed E-state index contributed by atoms with van der Waals surface area (Å²) in [5, 5.41) is 0. The second-order valence-electron chi connectivity index (χ2n) is 6.70. The number of ether oxygens (including phenoxy) is 2. The first-order valence-electron chi connectivity index (χ1n) is 7.65. The minimum Gasteiger partial charge on any atom is -0.493 e. The van der Waals surface area contributed by atoms with Crippen molar-refractivity contribution in [2.75, 3.05) is 14.2 Å². The lowest BCUT2D eigenvalue weighted by Crippen LogP contribution is -2.38. The third-order valence-electron chi connectivity index (χ3n) is 4.89. The number of hydrogen-bond acceptors (Lipinski definition) is 3. The van der Waals surface area contributed by atoms with E-state index in [4.69, 9.17) is 9.47 Å². The third kappa shape index (κ3) is 3.07. The minimum atomic E-state index is -0.184. The van der Waals surface area contributed by atoms with Gasteiger partial charge in [-0.1, -0.05) is 26.8 Å². The highest BCUT2D eigenvalue weighted by atomic mass is 16.5. The maximum atomic E-state index is 12.4. The molecule has 2 unspecified atom stereocenters. The van der Waals surface area contributed by atoms with E-state index in [-0.39, 0.29) is 11.3 Å². The van der Waals surface area contributed by atoms with Crippen molar-refractivity contribution in [2.24, 2.45) is 11.8 Å². The summed E-state index contributed by atoms with van der Waals surface area (Å²) in [5.74, 6) is 2.45. The number of rotatable bonds is 4. The molecule has 0 heterocycles. The van der Waals surface area contributed by atoms with Gasteiger partial charge in [0.25, 0.3) is 0 Å². The molecule has 0 amide bonds. The van der Waals surface area contributed by atoms with Gasteiger partial charge in [-0.25, -0.2) is 0 Å². The van der Waals surface area contributed by atoms with Gasteiger partial charge in [0.2, 0.25) is 0 Å².